The van der Waals surface area contributed by atoms with Gasteiger partial charge in [-0.2, -0.15) is 5.26 Å². The fourth-order valence-corrected chi connectivity index (χ4v) is 5.83. The molecule has 0 aliphatic heterocycles. The lowest BCUT2D eigenvalue weighted by atomic mass is 9.91. The van der Waals surface area contributed by atoms with Gasteiger partial charge in [-0.3, -0.25) is 0 Å². The lowest BCUT2D eigenvalue weighted by Gasteiger charge is -2.12. The van der Waals surface area contributed by atoms with Crippen molar-refractivity contribution >= 4 is 43.9 Å². The summed E-state index contributed by atoms with van der Waals surface area (Å²) in [5, 5.41) is 13.7. The summed E-state index contributed by atoms with van der Waals surface area (Å²) in [4.78, 5) is 0. The third-order valence-electron chi connectivity index (χ3n) is 7.71. The first-order valence-electron chi connectivity index (χ1n) is 13.2. The van der Waals surface area contributed by atoms with E-state index in [0.717, 1.165) is 77.3 Å². The molecule has 186 valence electrons. The Hall–Kier alpha value is -5.59. The zero-order valence-corrected chi connectivity index (χ0v) is 21.4. The number of nitrogens with zero attached hydrogens (tertiary/aromatic N) is 1. The van der Waals surface area contributed by atoms with E-state index in [9.17, 15) is 5.26 Å². The van der Waals surface area contributed by atoms with Crippen molar-refractivity contribution in [3.63, 3.8) is 0 Å². The lowest BCUT2D eigenvalue weighted by Crippen LogP contribution is -1.88. The highest BCUT2D eigenvalue weighted by molar-refractivity contribution is 6.13. The van der Waals surface area contributed by atoms with Crippen molar-refractivity contribution < 1.29 is 8.83 Å². The Morgan fingerprint density at radius 3 is 1.85 bits per heavy atom. The summed E-state index contributed by atoms with van der Waals surface area (Å²) in [6, 6.07) is 45.6. The number of hydrogen-bond donors (Lipinski definition) is 0. The van der Waals surface area contributed by atoms with Gasteiger partial charge in [0.15, 0.2) is 0 Å². The molecule has 8 aromatic rings. The van der Waals surface area contributed by atoms with Crippen LogP contribution in [0.2, 0.25) is 0 Å². The monoisotopic (exact) mass is 511 g/mol. The van der Waals surface area contributed by atoms with E-state index < -0.39 is 0 Å². The second kappa shape index (κ2) is 8.73. The van der Waals surface area contributed by atoms with Gasteiger partial charge in [0.25, 0.3) is 0 Å². The highest BCUT2D eigenvalue weighted by Crippen LogP contribution is 2.42. The van der Waals surface area contributed by atoms with Crippen LogP contribution in [0.4, 0.5) is 0 Å². The predicted octanol–water partition coefficient (Wildman–Crippen LogP) is 10.4. The Kier molecular flexibility index (Phi) is 4.89. The van der Waals surface area contributed by atoms with Gasteiger partial charge >= 0.3 is 0 Å². The van der Waals surface area contributed by atoms with E-state index in [-0.39, 0.29) is 0 Å². The van der Waals surface area contributed by atoms with Crippen molar-refractivity contribution in [2.24, 2.45) is 0 Å². The van der Waals surface area contributed by atoms with Crippen LogP contribution in [0.1, 0.15) is 5.56 Å². The van der Waals surface area contributed by atoms with E-state index in [4.69, 9.17) is 8.83 Å². The fourth-order valence-electron chi connectivity index (χ4n) is 5.83. The molecule has 2 heterocycles. The minimum Gasteiger partial charge on any atom is -0.456 e. The molecule has 0 saturated heterocycles. The summed E-state index contributed by atoms with van der Waals surface area (Å²) < 4.78 is 12.6. The quantitative estimate of drug-likeness (QED) is 0.237. The van der Waals surface area contributed by atoms with Gasteiger partial charge in [0.2, 0.25) is 0 Å². The molecule has 0 aliphatic rings. The van der Waals surface area contributed by atoms with Crippen molar-refractivity contribution in [3.8, 4) is 39.4 Å². The zero-order chi connectivity index (χ0) is 26.6. The first kappa shape index (κ1) is 22.4. The molecule has 40 heavy (non-hydrogen) atoms. The SMILES string of the molecule is N#Cc1ccc(-c2cc(-c3cccc4c3oc3ccccc34)cc(-c3cccc4oc5ccccc5c34)c2)cc1. The highest BCUT2D eigenvalue weighted by atomic mass is 16.3. The third kappa shape index (κ3) is 3.44. The number of benzene rings is 6. The lowest BCUT2D eigenvalue weighted by molar-refractivity contribution is 0.669. The Bertz CT molecular complexity index is 2280. The molecule has 2 aromatic heterocycles. The Balaban J connectivity index is 1.43. The summed E-state index contributed by atoms with van der Waals surface area (Å²) in [6.45, 7) is 0. The van der Waals surface area contributed by atoms with E-state index in [2.05, 4.69) is 66.7 Å². The van der Waals surface area contributed by atoms with Crippen molar-refractivity contribution in [3.05, 3.63) is 133 Å². The summed E-state index contributed by atoms with van der Waals surface area (Å²) >= 11 is 0. The molecule has 6 aromatic carbocycles. The molecule has 0 bridgehead atoms. The average molecular weight is 512 g/mol. The van der Waals surface area contributed by atoms with E-state index in [1.807, 2.05) is 66.7 Å². The number of furan rings is 2. The number of para-hydroxylation sites is 3. The van der Waals surface area contributed by atoms with Crippen LogP contribution in [-0.2, 0) is 0 Å². The van der Waals surface area contributed by atoms with E-state index in [0.29, 0.717) is 5.56 Å². The molecule has 8 rings (SSSR count). The molecule has 0 amide bonds. The van der Waals surface area contributed by atoms with E-state index in [1.165, 1.54) is 0 Å². The predicted molar refractivity (Wildman–Crippen MR) is 162 cm³/mol. The van der Waals surface area contributed by atoms with Gasteiger partial charge in [0.05, 0.1) is 11.6 Å². The van der Waals surface area contributed by atoms with Crippen LogP contribution in [0.5, 0.6) is 0 Å². The van der Waals surface area contributed by atoms with Crippen molar-refractivity contribution in [1.82, 2.24) is 0 Å². The van der Waals surface area contributed by atoms with Gasteiger partial charge < -0.3 is 8.83 Å². The van der Waals surface area contributed by atoms with Crippen LogP contribution in [0.25, 0.3) is 77.3 Å². The van der Waals surface area contributed by atoms with Gasteiger partial charge in [-0.25, -0.2) is 0 Å². The zero-order valence-electron chi connectivity index (χ0n) is 21.4. The molecule has 0 radical (unpaired) electrons. The summed E-state index contributed by atoms with van der Waals surface area (Å²) in [5.41, 5.74) is 10.5. The molecule has 3 nitrogen and oxygen atoms in total. The van der Waals surface area contributed by atoms with Crippen LogP contribution in [-0.4, -0.2) is 0 Å². The van der Waals surface area contributed by atoms with Crippen LogP contribution >= 0.6 is 0 Å². The number of rotatable bonds is 3. The standard InChI is InChI=1S/C37H21NO2/c38-22-23-15-17-24(18-16-23)25-19-26(28-9-6-14-35-36(28)32-8-2-4-13-34(32)39-35)21-27(20-25)29-10-5-11-31-30-7-1-3-12-33(30)40-37(29)31/h1-21H. The normalized spacial score (nSPS) is 11.5. The maximum absolute atomic E-state index is 9.34. The molecule has 0 fully saturated rings. The van der Waals surface area contributed by atoms with Crippen LogP contribution in [0, 0.1) is 11.3 Å². The molecule has 0 unspecified atom stereocenters. The van der Waals surface area contributed by atoms with E-state index in [1.54, 1.807) is 0 Å². The Morgan fingerprint density at radius 2 is 1.05 bits per heavy atom. The number of nitriles is 1. The molecule has 0 spiro atoms. The number of fused-ring (bicyclic) bond motifs is 6. The van der Waals surface area contributed by atoms with Gasteiger partial charge in [0.1, 0.15) is 22.3 Å². The minimum absolute atomic E-state index is 0.641. The topological polar surface area (TPSA) is 50.1 Å². The van der Waals surface area contributed by atoms with Crippen molar-refractivity contribution in [2.45, 2.75) is 0 Å². The third-order valence-corrected chi connectivity index (χ3v) is 7.71. The average Bonchev–Trinajstić information content (AvgIpc) is 3.59. The first-order chi connectivity index (χ1) is 19.8. The summed E-state index contributed by atoms with van der Waals surface area (Å²) in [7, 11) is 0. The van der Waals surface area contributed by atoms with Gasteiger partial charge in [-0.05, 0) is 76.3 Å². The van der Waals surface area contributed by atoms with E-state index >= 15 is 0 Å². The maximum atomic E-state index is 9.34. The maximum Gasteiger partial charge on any atom is 0.143 e. The summed E-state index contributed by atoms with van der Waals surface area (Å²) in [6.07, 6.45) is 0. The van der Waals surface area contributed by atoms with Crippen molar-refractivity contribution in [2.75, 3.05) is 0 Å². The van der Waals surface area contributed by atoms with Crippen LogP contribution < -0.4 is 0 Å². The largest absolute Gasteiger partial charge is 0.456 e. The van der Waals surface area contributed by atoms with Gasteiger partial charge in [-0.1, -0.05) is 78.9 Å². The second-order valence-corrected chi connectivity index (χ2v) is 10.0. The fraction of sp³-hybridized carbons (Fsp3) is 0. The van der Waals surface area contributed by atoms with Gasteiger partial charge in [0, 0.05) is 27.1 Å². The number of hydrogen-bond acceptors (Lipinski definition) is 3. The summed E-state index contributed by atoms with van der Waals surface area (Å²) in [5.74, 6) is 0. The van der Waals surface area contributed by atoms with Gasteiger partial charge in [-0.15, -0.1) is 0 Å². The molecular formula is C37H21NO2. The molecule has 0 N–H and O–H groups in total. The highest BCUT2D eigenvalue weighted by Gasteiger charge is 2.17. The molecule has 0 saturated carbocycles. The van der Waals surface area contributed by atoms with Crippen LogP contribution in [0.3, 0.4) is 0 Å². The smallest absolute Gasteiger partial charge is 0.143 e. The Labute approximate surface area is 230 Å². The van der Waals surface area contributed by atoms with Crippen molar-refractivity contribution in [1.29, 1.82) is 5.26 Å². The molecule has 0 aliphatic carbocycles. The first-order valence-corrected chi connectivity index (χ1v) is 13.2. The molecule has 0 atom stereocenters. The Morgan fingerprint density at radius 1 is 0.450 bits per heavy atom. The second-order valence-electron chi connectivity index (χ2n) is 10.0. The molecule has 3 heteroatoms. The minimum atomic E-state index is 0.641. The van der Waals surface area contributed by atoms with Crippen LogP contribution in [0.15, 0.2) is 136 Å². The molecular weight excluding hydrogens is 490 g/mol.